The van der Waals surface area contributed by atoms with Crippen LogP contribution in [-0.4, -0.2) is 10.1 Å². The van der Waals surface area contributed by atoms with Gasteiger partial charge in [-0.2, -0.15) is 0 Å². The van der Waals surface area contributed by atoms with Crippen molar-refractivity contribution in [1.82, 2.24) is 10.1 Å². The summed E-state index contributed by atoms with van der Waals surface area (Å²) >= 11 is 0. The SMILES string of the molecule is CCCCCCCCCCC.Nc1nc2ccccc2[n+]([O-])n1. The number of nitrogens with zero attached hydrogens (tertiary/aromatic N) is 3. The van der Waals surface area contributed by atoms with Gasteiger partial charge in [0.2, 0.25) is 0 Å². The highest BCUT2D eigenvalue weighted by molar-refractivity contribution is 5.70. The predicted octanol–water partition coefficient (Wildman–Crippen LogP) is 4.38. The molecule has 0 unspecified atom stereocenters. The zero-order chi connectivity index (χ0) is 16.9. The minimum absolute atomic E-state index is 0.0105. The summed E-state index contributed by atoms with van der Waals surface area (Å²) in [6, 6.07) is 6.88. The van der Waals surface area contributed by atoms with E-state index in [4.69, 9.17) is 5.73 Å². The van der Waals surface area contributed by atoms with Crippen LogP contribution in [0.15, 0.2) is 24.3 Å². The average molecular weight is 318 g/mol. The zero-order valence-corrected chi connectivity index (χ0v) is 14.5. The lowest BCUT2D eigenvalue weighted by Crippen LogP contribution is -2.33. The normalized spacial score (nSPS) is 10.3. The first-order chi connectivity index (χ1) is 11.2. The first-order valence-corrected chi connectivity index (χ1v) is 8.81. The van der Waals surface area contributed by atoms with Gasteiger partial charge >= 0.3 is 0 Å². The molecule has 0 aliphatic rings. The number of aromatic nitrogens is 3. The smallest absolute Gasteiger partial charge is 0.288 e. The van der Waals surface area contributed by atoms with Crippen LogP contribution in [0.4, 0.5) is 5.95 Å². The van der Waals surface area contributed by atoms with E-state index < -0.39 is 0 Å². The standard InChI is InChI=1S/C11H24.C7H6N4O/c1-3-5-7-9-11-10-8-6-4-2;8-7-9-5-3-1-2-4-6(5)11(12)10-7/h3-11H2,1-2H3;1-4H,(H2,8,9,10). The highest BCUT2D eigenvalue weighted by Crippen LogP contribution is 2.09. The minimum Gasteiger partial charge on any atom is -0.594 e. The van der Waals surface area contributed by atoms with Gasteiger partial charge in [-0.1, -0.05) is 83.8 Å². The van der Waals surface area contributed by atoms with Gasteiger partial charge in [-0.15, -0.1) is 0 Å². The second kappa shape index (κ2) is 11.6. The Morgan fingerprint density at radius 2 is 1.43 bits per heavy atom. The number of hydrogen-bond donors (Lipinski definition) is 1. The molecule has 23 heavy (non-hydrogen) atoms. The molecule has 0 atom stereocenters. The lowest BCUT2D eigenvalue weighted by atomic mass is 10.1. The van der Waals surface area contributed by atoms with Gasteiger partial charge in [0.15, 0.2) is 0 Å². The first kappa shape index (κ1) is 19.1. The molecular formula is C18H30N4O. The van der Waals surface area contributed by atoms with E-state index in [0.29, 0.717) is 15.9 Å². The van der Waals surface area contributed by atoms with Gasteiger partial charge in [-0.3, -0.25) is 0 Å². The van der Waals surface area contributed by atoms with Crippen LogP contribution >= 0.6 is 0 Å². The summed E-state index contributed by atoms with van der Waals surface area (Å²) in [6.07, 6.45) is 13.0. The molecule has 5 nitrogen and oxygen atoms in total. The molecule has 128 valence electrons. The fourth-order valence-electron chi connectivity index (χ4n) is 2.40. The summed E-state index contributed by atoms with van der Waals surface area (Å²) in [5.41, 5.74) is 6.26. The maximum Gasteiger partial charge on any atom is 0.288 e. The molecule has 0 saturated heterocycles. The predicted molar refractivity (Wildman–Crippen MR) is 95.8 cm³/mol. The molecule has 0 fully saturated rings. The van der Waals surface area contributed by atoms with Crippen LogP contribution in [0.2, 0.25) is 0 Å². The maximum atomic E-state index is 11.1. The Balaban J connectivity index is 0.000000232. The fourth-order valence-corrected chi connectivity index (χ4v) is 2.40. The molecule has 1 aromatic carbocycles. The van der Waals surface area contributed by atoms with E-state index in [-0.39, 0.29) is 5.95 Å². The van der Waals surface area contributed by atoms with Crippen LogP contribution in [-0.2, 0) is 0 Å². The summed E-state index contributed by atoms with van der Waals surface area (Å²) in [7, 11) is 0. The molecule has 0 bridgehead atoms. The topological polar surface area (TPSA) is 78.7 Å². The van der Waals surface area contributed by atoms with E-state index in [2.05, 4.69) is 23.9 Å². The number of rotatable bonds is 8. The lowest BCUT2D eigenvalue weighted by Gasteiger charge is -1.98. The van der Waals surface area contributed by atoms with Gasteiger partial charge in [-0.25, -0.2) is 4.98 Å². The molecule has 2 N–H and O–H groups in total. The van der Waals surface area contributed by atoms with Gasteiger partial charge in [0.05, 0.1) is 5.10 Å². The van der Waals surface area contributed by atoms with Gasteiger partial charge in [0.1, 0.15) is 5.52 Å². The minimum atomic E-state index is -0.0105. The van der Waals surface area contributed by atoms with Crippen molar-refractivity contribution in [2.75, 3.05) is 5.73 Å². The second-order valence-electron chi connectivity index (χ2n) is 5.81. The van der Waals surface area contributed by atoms with Crippen molar-refractivity contribution in [2.45, 2.75) is 71.6 Å². The third-order valence-electron chi connectivity index (χ3n) is 3.72. The molecule has 0 amide bonds. The summed E-state index contributed by atoms with van der Waals surface area (Å²) in [4.78, 5) is 4.35. The molecule has 0 aliphatic carbocycles. The Hall–Kier alpha value is -1.91. The number of benzene rings is 1. The Morgan fingerprint density at radius 1 is 0.913 bits per heavy atom. The van der Waals surface area contributed by atoms with Crippen molar-refractivity contribution in [2.24, 2.45) is 0 Å². The zero-order valence-electron chi connectivity index (χ0n) is 14.5. The number of unbranched alkanes of at least 4 members (excludes halogenated alkanes) is 8. The highest BCUT2D eigenvalue weighted by Gasteiger charge is 2.06. The van der Waals surface area contributed by atoms with Crippen LogP contribution in [0, 0.1) is 5.21 Å². The lowest BCUT2D eigenvalue weighted by molar-refractivity contribution is -0.641. The number of fused-ring (bicyclic) bond motifs is 1. The quantitative estimate of drug-likeness (QED) is 0.445. The van der Waals surface area contributed by atoms with Crippen LogP contribution in [0.5, 0.6) is 0 Å². The van der Waals surface area contributed by atoms with E-state index >= 15 is 0 Å². The van der Waals surface area contributed by atoms with E-state index in [9.17, 15) is 5.21 Å². The molecule has 2 rings (SSSR count). The number of para-hydroxylation sites is 2. The number of nitrogens with two attached hydrogens (primary N) is 1. The summed E-state index contributed by atoms with van der Waals surface area (Å²) in [5.74, 6) is -0.0105. The Morgan fingerprint density at radius 3 is 2.00 bits per heavy atom. The fraction of sp³-hybridized carbons (Fsp3) is 0.611. The molecule has 1 aromatic heterocycles. The van der Waals surface area contributed by atoms with Gasteiger partial charge in [-0.05, 0) is 10.9 Å². The molecular weight excluding hydrogens is 288 g/mol. The number of anilines is 1. The van der Waals surface area contributed by atoms with Crippen molar-refractivity contribution < 1.29 is 4.85 Å². The Bertz CT molecular complexity index is 552. The van der Waals surface area contributed by atoms with Crippen molar-refractivity contribution in [3.63, 3.8) is 0 Å². The van der Waals surface area contributed by atoms with Crippen LogP contribution in [0.3, 0.4) is 0 Å². The molecule has 0 saturated carbocycles. The first-order valence-electron chi connectivity index (χ1n) is 8.81. The number of hydrogen-bond acceptors (Lipinski definition) is 4. The third-order valence-corrected chi connectivity index (χ3v) is 3.72. The van der Waals surface area contributed by atoms with Crippen molar-refractivity contribution in [3.8, 4) is 0 Å². The second-order valence-corrected chi connectivity index (χ2v) is 5.81. The van der Waals surface area contributed by atoms with Crippen LogP contribution < -0.4 is 10.6 Å². The highest BCUT2D eigenvalue weighted by atomic mass is 16.5. The van der Waals surface area contributed by atoms with Crippen molar-refractivity contribution in [3.05, 3.63) is 29.5 Å². The van der Waals surface area contributed by atoms with Crippen LogP contribution in [0.1, 0.15) is 71.6 Å². The van der Waals surface area contributed by atoms with E-state index in [1.54, 1.807) is 24.3 Å². The largest absolute Gasteiger partial charge is 0.594 e. The summed E-state index contributed by atoms with van der Waals surface area (Å²) < 4.78 is 0. The van der Waals surface area contributed by atoms with E-state index in [1.165, 1.54) is 57.8 Å². The van der Waals surface area contributed by atoms with Crippen molar-refractivity contribution >= 4 is 17.0 Å². The summed E-state index contributed by atoms with van der Waals surface area (Å²) in [5, 5.41) is 14.5. The monoisotopic (exact) mass is 318 g/mol. The van der Waals surface area contributed by atoms with Crippen LogP contribution in [0.25, 0.3) is 11.0 Å². The maximum absolute atomic E-state index is 11.1. The van der Waals surface area contributed by atoms with Gasteiger partial charge in [0.25, 0.3) is 11.5 Å². The number of nitrogen functional groups attached to an aromatic ring is 1. The summed E-state index contributed by atoms with van der Waals surface area (Å²) in [6.45, 7) is 4.55. The van der Waals surface area contributed by atoms with Crippen molar-refractivity contribution in [1.29, 1.82) is 0 Å². The Labute approximate surface area is 139 Å². The van der Waals surface area contributed by atoms with Gasteiger partial charge < -0.3 is 10.9 Å². The average Bonchev–Trinajstić information content (AvgIpc) is 2.55. The van der Waals surface area contributed by atoms with E-state index in [1.807, 2.05) is 0 Å². The molecule has 5 heteroatoms. The molecule has 0 aliphatic heterocycles. The third kappa shape index (κ3) is 7.77. The Kier molecular flexibility index (Phi) is 9.68. The molecule has 0 spiro atoms. The molecule has 2 aromatic rings. The molecule has 1 heterocycles. The van der Waals surface area contributed by atoms with Gasteiger partial charge in [0, 0.05) is 6.07 Å². The molecule has 0 radical (unpaired) electrons. The van der Waals surface area contributed by atoms with E-state index in [0.717, 1.165) is 0 Å².